The van der Waals surface area contributed by atoms with Crippen molar-refractivity contribution in [2.24, 2.45) is 7.05 Å². The average molecular weight is 348 g/mol. The Morgan fingerprint density at radius 1 is 1.08 bits per heavy atom. The van der Waals surface area contributed by atoms with Crippen LogP contribution in [0.15, 0.2) is 71.5 Å². The van der Waals surface area contributed by atoms with Crippen molar-refractivity contribution in [3.05, 3.63) is 82.8 Å². The van der Waals surface area contributed by atoms with Crippen molar-refractivity contribution in [3.63, 3.8) is 0 Å². The Hall–Kier alpha value is -3.41. The monoisotopic (exact) mass is 348 g/mol. The van der Waals surface area contributed by atoms with Gasteiger partial charge in [0.25, 0.3) is 0 Å². The highest BCUT2D eigenvalue weighted by Crippen LogP contribution is 2.13. The summed E-state index contributed by atoms with van der Waals surface area (Å²) in [5.41, 5.74) is 1.62. The molecule has 1 heterocycles. The first-order valence-electron chi connectivity index (χ1n) is 8.35. The predicted octanol–water partition coefficient (Wildman–Crippen LogP) is 2.08. The Bertz CT molecular complexity index is 956. The second-order valence-corrected chi connectivity index (χ2v) is 5.79. The molecular formula is C20H20N4O2. The van der Waals surface area contributed by atoms with E-state index in [1.165, 1.54) is 15.3 Å². The van der Waals surface area contributed by atoms with E-state index in [-0.39, 0.29) is 11.6 Å². The third-order valence-corrected chi connectivity index (χ3v) is 3.92. The van der Waals surface area contributed by atoms with Crippen LogP contribution in [0.2, 0.25) is 0 Å². The fourth-order valence-corrected chi connectivity index (χ4v) is 2.55. The predicted molar refractivity (Wildman–Crippen MR) is 101 cm³/mol. The molecule has 0 aliphatic rings. The summed E-state index contributed by atoms with van der Waals surface area (Å²) in [6, 6.07) is 19.1. The number of carbonyl (C=O) groups is 1. The van der Waals surface area contributed by atoms with Gasteiger partial charge < -0.3 is 5.32 Å². The van der Waals surface area contributed by atoms with Crippen molar-refractivity contribution < 1.29 is 4.79 Å². The smallest absolute Gasteiger partial charge is 0.345 e. The molecule has 6 heteroatoms. The zero-order valence-corrected chi connectivity index (χ0v) is 14.5. The number of aromatic nitrogens is 3. The molecule has 3 aromatic rings. The molecule has 2 aromatic carbocycles. The zero-order valence-electron chi connectivity index (χ0n) is 14.5. The lowest BCUT2D eigenvalue weighted by Gasteiger charge is -2.01. The number of benzene rings is 2. The van der Waals surface area contributed by atoms with Crippen molar-refractivity contribution in [2.75, 3.05) is 6.54 Å². The van der Waals surface area contributed by atoms with E-state index in [1.54, 1.807) is 13.1 Å². The fourth-order valence-electron chi connectivity index (χ4n) is 2.55. The Balaban J connectivity index is 1.59. The lowest BCUT2D eigenvalue weighted by Crippen LogP contribution is -2.30. The Morgan fingerprint density at radius 2 is 1.73 bits per heavy atom. The highest BCUT2D eigenvalue weighted by atomic mass is 16.2. The lowest BCUT2D eigenvalue weighted by molar-refractivity contribution is -0.116. The maximum absolute atomic E-state index is 12.3. The van der Waals surface area contributed by atoms with Crippen molar-refractivity contribution >= 4 is 12.0 Å². The standard InChI is InChI=1S/C20H20N4O2/c1-23-19(17-10-6-3-7-11-17)22-24(20(23)26)15-14-21-18(25)13-12-16-8-4-2-5-9-16/h2-13H,14-15H2,1H3,(H,21,25). The fraction of sp³-hybridized carbons (Fsp3) is 0.150. The van der Waals surface area contributed by atoms with Crippen LogP contribution in [-0.2, 0) is 18.4 Å². The first kappa shape index (κ1) is 17.4. The zero-order chi connectivity index (χ0) is 18.4. The van der Waals surface area contributed by atoms with Gasteiger partial charge in [0.15, 0.2) is 5.82 Å². The van der Waals surface area contributed by atoms with Crippen LogP contribution in [0.5, 0.6) is 0 Å². The molecule has 0 aliphatic heterocycles. The van der Waals surface area contributed by atoms with Gasteiger partial charge >= 0.3 is 5.69 Å². The van der Waals surface area contributed by atoms with E-state index < -0.39 is 0 Å². The minimum atomic E-state index is -0.210. The van der Waals surface area contributed by atoms with Gasteiger partial charge in [0.05, 0.1) is 6.54 Å². The highest BCUT2D eigenvalue weighted by Gasteiger charge is 2.11. The van der Waals surface area contributed by atoms with Crippen molar-refractivity contribution in [1.82, 2.24) is 19.7 Å². The van der Waals surface area contributed by atoms with E-state index in [4.69, 9.17) is 0 Å². The molecule has 0 saturated carbocycles. The third kappa shape index (κ3) is 4.16. The van der Waals surface area contributed by atoms with Gasteiger partial charge in [-0.2, -0.15) is 0 Å². The molecule has 0 atom stereocenters. The maximum Gasteiger partial charge on any atom is 0.345 e. The minimum Gasteiger partial charge on any atom is -0.351 e. The Kier molecular flexibility index (Phi) is 5.43. The molecule has 3 rings (SSSR count). The minimum absolute atomic E-state index is 0.207. The number of nitrogens with zero attached hydrogens (tertiary/aromatic N) is 3. The van der Waals surface area contributed by atoms with Crippen LogP contribution in [0.4, 0.5) is 0 Å². The van der Waals surface area contributed by atoms with Gasteiger partial charge in [0.1, 0.15) is 0 Å². The number of carbonyl (C=O) groups excluding carboxylic acids is 1. The molecule has 0 aliphatic carbocycles. The van der Waals surface area contributed by atoms with Crippen LogP contribution in [0.1, 0.15) is 5.56 Å². The van der Waals surface area contributed by atoms with Crippen LogP contribution in [0, 0.1) is 0 Å². The first-order valence-corrected chi connectivity index (χ1v) is 8.35. The summed E-state index contributed by atoms with van der Waals surface area (Å²) in [4.78, 5) is 24.2. The molecule has 1 N–H and O–H groups in total. The van der Waals surface area contributed by atoms with E-state index in [0.29, 0.717) is 18.9 Å². The van der Waals surface area contributed by atoms with E-state index in [9.17, 15) is 9.59 Å². The summed E-state index contributed by atoms with van der Waals surface area (Å²) in [5.74, 6) is 0.395. The van der Waals surface area contributed by atoms with E-state index in [2.05, 4.69) is 10.4 Å². The van der Waals surface area contributed by atoms with Crippen LogP contribution in [0.25, 0.3) is 17.5 Å². The van der Waals surface area contributed by atoms with Crippen LogP contribution in [0.3, 0.4) is 0 Å². The largest absolute Gasteiger partial charge is 0.351 e. The number of hydrogen-bond acceptors (Lipinski definition) is 3. The van der Waals surface area contributed by atoms with E-state index in [1.807, 2.05) is 60.7 Å². The average Bonchev–Trinajstić information content (AvgIpc) is 2.96. The van der Waals surface area contributed by atoms with Gasteiger partial charge in [-0.05, 0) is 11.6 Å². The number of rotatable bonds is 6. The second kappa shape index (κ2) is 8.11. The number of hydrogen-bond donors (Lipinski definition) is 1. The molecule has 0 saturated heterocycles. The summed E-state index contributed by atoms with van der Waals surface area (Å²) in [6.07, 6.45) is 3.22. The molecule has 0 radical (unpaired) electrons. The molecular weight excluding hydrogens is 328 g/mol. The SMILES string of the molecule is Cn1c(-c2ccccc2)nn(CCNC(=O)C=Cc2ccccc2)c1=O. The maximum atomic E-state index is 12.3. The molecule has 6 nitrogen and oxygen atoms in total. The van der Waals surface area contributed by atoms with Crippen molar-refractivity contribution in [2.45, 2.75) is 6.54 Å². The van der Waals surface area contributed by atoms with Gasteiger partial charge in [0.2, 0.25) is 5.91 Å². The van der Waals surface area contributed by atoms with E-state index in [0.717, 1.165) is 11.1 Å². The summed E-state index contributed by atoms with van der Waals surface area (Å²) in [7, 11) is 1.69. The van der Waals surface area contributed by atoms with Gasteiger partial charge in [-0.25, -0.2) is 9.48 Å². The van der Waals surface area contributed by atoms with Crippen LogP contribution in [-0.4, -0.2) is 26.8 Å². The van der Waals surface area contributed by atoms with E-state index >= 15 is 0 Å². The summed E-state index contributed by atoms with van der Waals surface area (Å²) in [6.45, 7) is 0.632. The van der Waals surface area contributed by atoms with Gasteiger partial charge in [-0.3, -0.25) is 9.36 Å². The normalized spacial score (nSPS) is 11.0. The summed E-state index contributed by atoms with van der Waals surface area (Å²) < 4.78 is 2.87. The van der Waals surface area contributed by atoms with Gasteiger partial charge in [-0.1, -0.05) is 60.7 Å². The topological polar surface area (TPSA) is 68.9 Å². The Labute approximate surface area is 151 Å². The number of amides is 1. The first-order chi connectivity index (χ1) is 12.6. The summed E-state index contributed by atoms with van der Waals surface area (Å²) in [5, 5.41) is 7.13. The molecule has 0 spiro atoms. The van der Waals surface area contributed by atoms with Crippen molar-refractivity contribution in [1.29, 1.82) is 0 Å². The third-order valence-electron chi connectivity index (χ3n) is 3.92. The van der Waals surface area contributed by atoms with Gasteiger partial charge in [-0.15, -0.1) is 5.10 Å². The molecule has 1 amide bonds. The Morgan fingerprint density at radius 3 is 2.42 bits per heavy atom. The van der Waals surface area contributed by atoms with Crippen molar-refractivity contribution in [3.8, 4) is 11.4 Å². The molecule has 132 valence electrons. The molecule has 0 bridgehead atoms. The molecule has 26 heavy (non-hydrogen) atoms. The van der Waals surface area contributed by atoms with Crippen LogP contribution < -0.4 is 11.0 Å². The molecule has 0 fully saturated rings. The summed E-state index contributed by atoms with van der Waals surface area (Å²) >= 11 is 0. The molecule has 0 unspecified atom stereocenters. The van der Waals surface area contributed by atoms with Gasteiger partial charge in [0, 0.05) is 25.2 Å². The lowest BCUT2D eigenvalue weighted by atomic mass is 10.2. The number of nitrogens with one attached hydrogen (secondary N) is 1. The highest BCUT2D eigenvalue weighted by molar-refractivity contribution is 5.91. The molecule has 1 aromatic heterocycles. The van der Waals surface area contributed by atoms with Crippen LogP contribution >= 0.6 is 0 Å². The quantitative estimate of drug-likeness (QED) is 0.694. The second-order valence-electron chi connectivity index (χ2n) is 5.79.